The number of hydrogen-bond acceptors (Lipinski definition) is 7. The molecule has 0 spiro atoms. The molecule has 13 nitrogen and oxygen atoms in total. The van der Waals surface area contributed by atoms with Gasteiger partial charge >= 0.3 is 11.9 Å². The van der Waals surface area contributed by atoms with Crippen LogP contribution in [0.2, 0.25) is 0 Å². The second-order valence-corrected chi connectivity index (χ2v) is 5.38. The number of amides is 3. The molecule has 8 N–H and O–H groups in total. The van der Waals surface area contributed by atoms with Crippen LogP contribution >= 0.6 is 0 Å². The van der Waals surface area contributed by atoms with Crippen LogP contribution in [0.4, 0.5) is 0 Å². The van der Waals surface area contributed by atoms with E-state index in [0.717, 1.165) is 0 Å². The van der Waals surface area contributed by atoms with Gasteiger partial charge in [0.15, 0.2) is 0 Å². The molecule has 0 saturated heterocycles. The third-order valence-electron chi connectivity index (χ3n) is 3.26. The minimum atomic E-state index is -1.53. The van der Waals surface area contributed by atoms with Crippen molar-refractivity contribution in [3.63, 3.8) is 0 Å². The van der Waals surface area contributed by atoms with Crippen molar-refractivity contribution in [2.24, 2.45) is 5.73 Å². The van der Waals surface area contributed by atoms with E-state index in [9.17, 15) is 29.1 Å². The van der Waals surface area contributed by atoms with Gasteiger partial charge in [-0.05, 0) is 0 Å². The fraction of sp³-hybridized carbons (Fsp3) is 0.429. The van der Waals surface area contributed by atoms with Crippen LogP contribution in [0.25, 0.3) is 0 Å². The monoisotopic (exact) mass is 384 g/mol. The van der Waals surface area contributed by atoms with Gasteiger partial charge in [-0.25, -0.2) is 9.78 Å². The average molecular weight is 384 g/mol. The molecule has 1 aromatic heterocycles. The van der Waals surface area contributed by atoms with Crippen LogP contribution in [-0.4, -0.2) is 75.0 Å². The lowest BCUT2D eigenvalue weighted by Gasteiger charge is -2.20. The lowest BCUT2D eigenvalue weighted by Crippen LogP contribution is -2.54. The van der Waals surface area contributed by atoms with Crippen LogP contribution < -0.4 is 21.7 Å². The first-order chi connectivity index (χ1) is 12.7. The van der Waals surface area contributed by atoms with Crippen molar-refractivity contribution in [3.05, 3.63) is 18.2 Å². The Morgan fingerprint density at radius 1 is 1.11 bits per heavy atom. The lowest BCUT2D eigenvalue weighted by molar-refractivity contribution is -0.143. The Labute approximate surface area is 152 Å². The normalized spacial score (nSPS) is 12.5. The molecule has 0 radical (unpaired) electrons. The predicted octanol–water partition coefficient (Wildman–Crippen LogP) is -3.44. The number of carbonyl (C=O) groups is 5. The molecule has 2 unspecified atom stereocenters. The van der Waals surface area contributed by atoms with E-state index in [1.54, 1.807) is 0 Å². The van der Waals surface area contributed by atoms with Gasteiger partial charge in [-0.15, -0.1) is 0 Å². The van der Waals surface area contributed by atoms with Crippen LogP contribution in [0, 0.1) is 0 Å². The van der Waals surface area contributed by atoms with Crippen LogP contribution in [0.1, 0.15) is 12.1 Å². The largest absolute Gasteiger partial charge is 0.481 e. The van der Waals surface area contributed by atoms with Crippen molar-refractivity contribution in [3.8, 4) is 0 Å². The van der Waals surface area contributed by atoms with Gasteiger partial charge < -0.3 is 36.9 Å². The van der Waals surface area contributed by atoms with E-state index in [1.807, 2.05) is 0 Å². The van der Waals surface area contributed by atoms with E-state index in [0.29, 0.717) is 5.69 Å². The standard InChI is InChI=1S/C14H20N6O7/c15-3-10(21)17-5-11(22)19-8(2-12(23)24)13(25)20-9(14(26)27)1-7-4-16-6-18-7/h4,6,8-9H,1-3,5,15H2,(H,16,18)(H,17,21)(H,19,22)(H,20,25)(H,23,24)(H,26,27). The van der Waals surface area contributed by atoms with E-state index in [-0.39, 0.29) is 13.0 Å². The second-order valence-electron chi connectivity index (χ2n) is 5.38. The summed E-state index contributed by atoms with van der Waals surface area (Å²) in [6.45, 7) is -0.865. The highest BCUT2D eigenvalue weighted by Crippen LogP contribution is 2.01. The molecule has 13 heteroatoms. The number of nitrogens with zero attached hydrogens (tertiary/aromatic N) is 1. The maximum absolute atomic E-state index is 12.3. The van der Waals surface area contributed by atoms with Crippen molar-refractivity contribution in [2.75, 3.05) is 13.1 Å². The summed E-state index contributed by atoms with van der Waals surface area (Å²) < 4.78 is 0. The summed E-state index contributed by atoms with van der Waals surface area (Å²) in [5, 5.41) is 24.6. The average Bonchev–Trinajstić information content (AvgIpc) is 3.10. The van der Waals surface area contributed by atoms with Gasteiger partial charge in [-0.2, -0.15) is 0 Å². The number of carbonyl (C=O) groups excluding carboxylic acids is 3. The van der Waals surface area contributed by atoms with E-state index in [4.69, 9.17) is 10.8 Å². The van der Waals surface area contributed by atoms with Crippen molar-refractivity contribution in [2.45, 2.75) is 24.9 Å². The fourth-order valence-electron chi connectivity index (χ4n) is 1.97. The second kappa shape index (κ2) is 10.5. The molecule has 0 aliphatic carbocycles. The van der Waals surface area contributed by atoms with Gasteiger partial charge in [0.25, 0.3) is 0 Å². The number of aromatic nitrogens is 2. The highest BCUT2D eigenvalue weighted by Gasteiger charge is 2.28. The van der Waals surface area contributed by atoms with E-state index in [2.05, 4.69) is 25.9 Å². The molecule has 1 rings (SSSR count). The maximum Gasteiger partial charge on any atom is 0.326 e. The van der Waals surface area contributed by atoms with E-state index in [1.165, 1.54) is 12.5 Å². The molecule has 0 fully saturated rings. The molecule has 0 aliphatic heterocycles. The third-order valence-corrected chi connectivity index (χ3v) is 3.26. The number of carboxylic acids is 2. The molecule has 0 saturated carbocycles. The van der Waals surface area contributed by atoms with Crippen molar-refractivity contribution in [1.82, 2.24) is 25.9 Å². The quantitative estimate of drug-likeness (QED) is 0.201. The molecule has 1 aromatic rings. The smallest absolute Gasteiger partial charge is 0.326 e. The minimum absolute atomic E-state index is 0.124. The summed E-state index contributed by atoms with van der Waals surface area (Å²) >= 11 is 0. The minimum Gasteiger partial charge on any atom is -0.481 e. The molecular weight excluding hydrogens is 364 g/mol. The predicted molar refractivity (Wildman–Crippen MR) is 88.1 cm³/mol. The first kappa shape index (κ1) is 21.6. The third kappa shape index (κ3) is 7.96. The Bertz CT molecular complexity index is 690. The lowest BCUT2D eigenvalue weighted by atomic mass is 10.1. The molecule has 148 valence electrons. The van der Waals surface area contributed by atoms with Gasteiger partial charge in [-0.1, -0.05) is 0 Å². The number of nitrogens with one attached hydrogen (secondary N) is 4. The van der Waals surface area contributed by atoms with Crippen molar-refractivity contribution in [1.29, 1.82) is 0 Å². The van der Waals surface area contributed by atoms with Gasteiger partial charge in [0.2, 0.25) is 17.7 Å². The first-order valence-electron chi connectivity index (χ1n) is 7.71. The van der Waals surface area contributed by atoms with Crippen LogP contribution in [0.5, 0.6) is 0 Å². The Morgan fingerprint density at radius 2 is 1.81 bits per heavy atom. The Hall–Kier alpha value is -3.48. The fourth-order valence-corrected chi connectivity index (χ4v) is 1.97. The maximum atomic E-state index is 12.3. The molecule has 3 amide bonds. The molecule has 27 heavy (non-hydrogen) atoms. The molecule has 0 aromatic carbocycles. The summed E-state index contributed by atoms with van der Waals surface area (Å²) in [5.41, 5.74) is 5.50. The Balaban J connectivity index is 2.74. The summed E-state index contributed by atoms with van der Waals surface area (Å²) in [5.74, 6) is -5.19. The molecule has 0 bridgehead atoms. The number of aromatic amines is 1. The molecular formula is C14H20N6O7. The summed E-state index contributed by atoms with van der Waals surface area (Å²) in [7, 11) is 0. The van der Waals surface area contributed by atoms with Gasteiger partial charge in [0, 0.05) is 18.3 Å². The summed E-state index contributed by atoms with van der Waals surface area (Å²) in [4.78, 5) is 63.7. The molecule has 1 heterocycles. The number of imidazole rings is 1. The summed E-state index contributed by atoms with van der Waals surface area (Å²) in [6.07, 6.45) is 1.80. The highest BCUT2D eigenvalue weighted by molar-refractivity contribution is 5.94. The zero-order valence-corrected chi connectivity index (χ0v) is 14.1. The molecule has 0 aliphatic rings. The van der Waals surface area contributed by atoms with Crippen LogP contribution in [0.15, 0.2) is 12.5 Å². The highest BCUT2D eigenvalue weighted by atomic mass is 16.4. The number of hydrogen-bond donors (Lipinski definition) is 7. The zero-order valence-electron chi connectivity index (χ0n) is 14.1. The SMILES string of the molecule is NCC(=O)NCC(=O)NC(CC(=O)O)C(=O)NC(Cc1cnc[nH]1)C(=O)O. The zero-order chi connectivity index (χ0) is 20.4. The van der Waals surface area contributed by atoms with E-state index < -0.39 is 54.7 Å². The van der Waals surface area contributed by atoms with Crippen molar-refractivity contribution < 1.29 is 34.2 Å². The summed E-state index contributed by atoms with van der Waals surface area (Å²) in [6, 6.07) is -2.91. The Kier molecular flexibility index (Phi) is 8.38. The number of nitrogens with two attached hydrogens (primary N) is 1. The van der Waals surface area contributed by atoms with E-state index >= 15 is 0 Å². The number of aliphatic carboxylic acids is 2. The number of carboxylic acid groups (broad SMARTS) is 2. The number of H-pyrrole nitrogens is 1. The van der Waals surface area contributed by atoms with Crippen LogP contribution in [0.3, 0.4) is 0 Å². The van der Waals surface area contributed by atoms with Crippen LogP contribution in [-0.2, 0) is 30.4 Å². The topological polar surface area (TPSA) is 217 Å². The number of rotatable bonds is 11. The Morgan fingerprint density at radius 3 is 2.33 bits per heavy atom. The first-order valence-corrected chi connectivity index (χ1v) is 7.71. The van der Waals surface area contributed by atoms with Crippen molar-refractivity contribution >= 4 is 29.7 Å². The van der Waals surface area contributed by atoms with Gasteiger partial charge in [-0.3, -0.25) is 19.2 Å². The molecule has 2 atom stereocenters. The van der Waals surface area contributed by atoms with Gasteiger partial charge in [0.1, 0.15) is 12.1 Å². The van der Waals surface area contributed by atoms with Gasteiger partial charge in [0.05, 0.1) is 25.8 Å².